The third-order valence-corrected chi connectivity index (χ3v) is 4.96. The van der Waals surface area contributed by atoms with Gasteiger partial charge in [0.15, 0.2) is 0 Å². The Morgan fingerprint density at radius 3 is 2.31 bits per heavy atom. The first-order chi connectivity index (χ1) is 7.68. The van der Waals surface area contributed by atoms with Crippen molar-refractivity contribution in [3.05, 3.63) is 68.3 Å². The smallest absolute Gasteiger partial charge is 0.0645 e. The molecule has 0 saturated carbocycles. The molecule has 0 fully saturated rings. The van der Waals surface area contributed by atoms with Gasteiger partial charge in [0, 0.05) is 3.57 Å². The van der Waals surface area contributed by atoms with Crippen molar-refractivity contribution in [2.24, 2.45) is 0 Å². The predicted molar refractivity (Wildman–Crippen MR) is 81.4 cm³/mol. The summed E-state index contributed by atoms with van der Waals surface area (Å²) in [5.74, 6) is 0. The van der Waals surface area contributed by atoms with Crippen LogP contribution in [0.25, 0.3) is 0 Å². The predicted octanol–water partition coefficient (Wildman–Crippen LogP) is 5.43. The van der Waals surface area contributed by atoms with Crippen LogP contribution in [0.4, 0.5) is 0 Å². The van der Waals surface area contributed by atoms with Crippen LogP contribution in [0, 0.1) is 3.57 Å². The van der Waals surface area contributed by atoms with Gasteiger partial charge in [-0.15, -0.1) is 0 Å². The zero-order chi connectivity index (χ0) is 11.5. The van der Waals surface area contributed by atoms with Gasteiger partial charge < -0.3 is 0 Å². The maximum Gasteiger partial charge on any atom is 0.0645 e. The standard InChI is InChI=1S/C13H9BrClI/c14-13(9-4-2-1-3-5-9)10-6-7-12(16)11(15)8-10/h1-8,13H. The lowest BCUT2D eigenvalue weighted by molar-refractivity contribution is 1.18. The van der Waals surface area contributed by atoms with Crippen LogP contribution >= 0.6 is 50.1 Å². The molecule has 0 aromatic heterocycles. The van der Waals surface area contributed by atoms with E-state index in [9.17, 15) is 0 Å². The van der Waals surface area contributed by atoms with Crippen molar-refractivity contribution in [3.63, 3.8) is 0 Å². The Bertz CT molecular complexity index is 485. The lowest BCUT2D eigenvalue weighted by Gasteiger charge is -2.11. The minimum atomic E-state index is 0.197. The number of hydrogen-bond acceptors (Lipinski definition) is 0. The third-order valence-electron chi connectivity index (χ3n) is 2.33. The van der Waals surface area contributed by atoms with Crippen LogP contribution in [0.2, 0.25) is 5.02 Å². The average Bonchev–Trinajstić information content (AvgIpc) is 2.33. The molecule has 0 saturated heterocycles. The van der Waals surface area contributed by atoms with Crippen molar-refractivity contribution in [2.75, 3.05) is 0 Å². The second kappa shape index (κ2) is 5.52. The Kier molecular flexibility index (Phi) is 4.27. The highest BCUT2D eigenvalue weighted by atomic mass is 127. The number of rotatable bonds is 2. The fourth-order valence-corrected chi connectivity index (χ4v) is 2.60. The molecule has 2 aromatic carbocycles. The molecule has 1 atom stereocenters. The Morgan fingerprint density at radius 1 is 1.00 bits per heavy atom. The zero-order valence-electron chi connectivity index (χ0n) is 8.33. The van der Waals surface area contributed by atoms with Crippen molar-refractivity contribution >= 4 is 50.1 Å². The van der Waals surface area contributed by atoms with Crippen molar-refractivity contribution in [2.45, 2.75) is 4.83 Å². The maximum absolute atomic E-state index is 6.12. The van der Waals surface area contributed by atoms with Crippen LogP contribution in [0.5, 0.6) is 0 Å². The van der Waals surface area contributed by atoms with Crippen molar-refractivity contribution in [1.82, 2.24) is 0 Å². The summed E-state index contributed by atoms with van der Waals surface area (Å²) in [7, 11) is 0. The van der Waals surface area contributed by atoms with Crippen molar-refractivity contribution in [1.29, 1.82) is 0 Å². The van der Waals surface area contributed by atoms with Crippen molar-refractivity contribution < 1.29 is 0 Å². The van der Waals surface area contributed by atoms with E-state index in [1.165, 1.54) is 11.1 Å². The molecule has 16 heavy (non-hydrogen) atoms. The molecule has 1 unspecified atom stereocenters. The molecular weight excluding hydrogens is 398 g/mol. The minimum absolute atomic E-state index is 0.197. The maximum atomic E-state index is 6.12. The van der Waals surface area contributed by atoms with E-state index in [0.29, 0.717) is 0 Å². The molecule has 0 aliphatic rings. The summed E-state index contributed by atoms with van der Waals surface area (Å²) in [6.45, 7) is 0. The van der Waals surface area contributed by atoms with Gasteiger partial charge >= 0.3 is 0 Å². The third kappa shape index (κ3) is 2.79. The lowest BCUT2D eigenvalue weighted by Crippen LogP contribution is -1.92. The number of halogens is 3. The first kappa shape index (κ1) is 12.4. The lowest BCUT2D eigenvalue weighted by atomic mass is 10.1. The number of benzene rings is 2. The topological polar surface area (TPSA) is 0 Å². The largest absolute Gasteiger partial charge is 0.0832 e. The number of alkyl halides is 1. The van der Waals surface area contributed by atoms with Crippen LogP contribution in [0.15, 0.2) is 48.5 Å². The van der Waals surface area contributed by atoms with Crippen LogP contribution in [-0.2, 0) is 0 Å². The molecule has 2 rings (SSSR count). The molecule has 2 aromatic rings. The van der Waals surface area contributed by atoms with Crippen LogP contribution in [-0.4, -0.2) is 0 Å². The first-order valence-electron chi connectivity index (χ1n) is 4.82. The summed E-state index contributed by atoms with van der Waals surface area (Å²) in [5.41, 5.74) is 2.41. The van der Waals surface area contributed by atoms with Crippen LogP contribution < -0.4 is 0 Å². The molecule has 3 heteroatoms. The van der Waals surface area contributed by atoms with E-state index in [4.69, 9.17) is 11.6 Å². The molecular formula is C13H9BrClI. The molecule has 0 amide bonds. The summed E-state index contributed by atoms with van der Waals surface area (Å²) in [4.78, 5) is 0.197. The van der Waals surface area contributed by atoms with Gasteiger partial charge in [-0.25, -0.2) is 0 Å². The minimum Gasteiger partial charge on any atom is -0.0832 e. The van der Waals surface area contributed by atoms with E-state index >= 15 is 0 Å². The summed E-state index contributed by atoms with van der Waals surface area (Å²) in [6.07, 6.45) is 0. The molecule has 0 bridgehead atoms. The molecule has 82 valence electrons. The van der Waals surface area contributed by atoms with Gasteiger partial charge in [0.05, 0.1) is 9.85 Å². The molecule has 0 spiro atoms. The van der Waals surface area contributed by atoms with Crippen LogP contribution in [0.1, 0.15) is 16.0 Å². The van der Waals surface area contributed by atoms with E-state index in [1.807, 2.05) is 30.3 Å². The Balaban J connectivity index is 2.34. The van der Waals surface area contributed by atoms with Crippen LogP contribution in [0.3, 0.4) is 0 Å². The first-order valence-corrected chi connectivity index (χ1v) is 7.19. The monoisotopic (exact) mass is 406 g/mol. The molecule has 0 aliphatic heterocycles. The van der Waals surface area contributed by atoms with Gasteiger partial charge in [0.2, 0.25) is 0 Å². The van der Waals surface area contributed by atoms with Gasteiger partial charge in [-0.2, -0.15) is 0 Å². The Morgan fingerprint density at radius 2 is 1.69 bits per heavy atom. The normalized spacial score (nSPS) is 12.4. The SMILES string of the molecule is Clc1cc(C(Br)c2ccccc2)ccc1I. The summed E-state index contributed by atoms with van der Waals surface area (Å²) in [5, 5.41) is 0.804. The van der Waals surface area contributed by atoms with Gasteiger partial charge in [0.25, 0.3) is 0 Å². The Hall–Kier alpha value is -0.0600. The summed E-state index contributed by atoms with van der Waals surface area (Å²) in [6, 6.07) is 16.4. The second-order valence-electron chi connectivity index (χ2n) is 3.45. The number of hydrogen-bond donors (Lipinski definition) is 0. The van der Waals surface area contributed by atoms with Crippen molar-refractivity contribution in [3.8, 4) is 0 Å². The van der Waals surface area contributed by atoms with Gasteiger partial charge in [0.1, 0.15) is 0 Å². The fourth-order valence-electron chi connectivity index (χ4n) is 1.48. The fraction of sp³-hybridized carbons (Fsp3) is 0.0769. The highest BCUT2D eigenvalue weighted by Crippen LogP contribution is 2.33. The van der Waals surface area contributed by atoms with E-state index in [0.717, 1.165) is 8.59 Å². The molecule has 0 nitrogen and oxygen atoms in total. The average molecular weight is 407 g/mol. The van der Waals surface area contributed by atoms with E-state index in [1.54, 1.807) is 0 Å². The van der Waals surface area contributed by atoms with Gasteiger partial charge in [-0.3, -0.25) is 0 Å². The quantitative estimate of drug-likeness (QED) is 0.460. The summed E-state index contributed by atoms with van der Waals surface area (Å²) >= 11 is 12.0. The van der Waals surface area contributed by atoms with Gasteiger partial charge in [-0.1, -0.05) is 63.9 Å². The summed E-state index contributed by atoms with van der Waals surface area (Å²) < 4.78 is 1.08. The molecule has 0 aliphatic carbocycles. The highest BCUT2D eigenvalue weighted by molar-refractivity contribution is 14.1. The van der Waals surface area contributed by atoms with Gasteiger partial charge in [-0.05, 0) is 45.9 Å². The molecule has 0 N–H and O–H groups in total. The second-order valence-corrected chi connectivity index (χ2v) is 5.93. The zero-order valence-corrected chi connectivity index (χ0v) is 12.8. The molecule has 0 heterocycles. The highest BCUT2D eigenvalue weighted by Gasteiger charge is 2.10. The molecule has 0 radical (unpaired) electrons. The van der Waals surface area contributed by atoms with E-state index < -0.39 is 0 Å². The van der Waals surface area contributed by atoms with E-state index in [-0.39, 0.29) is 4.83 Å². The Labute approximate surface area is 122 Å². The van der Waals surface area contributed by atoms with E-state index in [2.05, 4.69) is 56.7 Å².